The Morgan fingerprint density at radius 3 is 2.68 bits per heavy atom. The van der Waals surface area contributed by atoms with Gasteiger partial charge in [-0.25, -0.2) is 0 Å². The zero-order valence-corrected chi connectivity index (χ0v) is 12.9. The number of hydrogen-bond acceptors (Lipinski definition) is 2. The van der Waals surface area contributed by atoms with E-state index in [0.29, 0.717) is 17.1 Å². The maximum Gasteiger partial charge on any atom is 0.231 e. The first-order valence-electron chi connectivity index (χ1n) is 6.97. The molecule has 2 amide bonds. The maximum absolute atomic E-state index is 12.1. The Balaban J connectivity index is 1.69. The summed E-state index contributed by atoms with van der Waals surface area (Å²) in [5.74, 6) is -0.0282. The van der Waals surface area contributed by atoms with Crippen LogP contribution in [0.2, 0.25) is 5.02 Å². The highest BCUT2D eigenvalue weighted by Crippen LogP contribution is 2.30. The van der Waals surface area contributed by atoms with Crippen molar-refractivity contribution in [3.63, 3.8) is 0 Å². The molecule has 1 aliphatic heterocycles. The van der Waals surface area contributed by atoms with Crippen LogP contribution in [0.5, 0.6) is 0 Å². The first-order chi connectivity index (χ1) is 10.5. The average Bonchev–Trinajstić information content (AvgIpc) is 2.76. The Morgan fingerprint density at radius 1 is 1.23 bits per heavy atom. The smallest absolute Gasteiger partial charge is 0.231 e. The number of hydrogen-bond donors (Lipinski definition) is 1. The van der Waals surface area contributed by atoms with Gasteiger partial charge in [0, 0.05) is 23.4 Å². The van der Waals surface area contributed by atoms with E-state index in [2.05, 4.69) is 5.32 Å². The van der Waals surface area contributed by atoms with Gasteiger partial charge >= 0.3 is 0 Å². The minimum absolute atomic E-state index is 0.0691. The summed E-state index contributed by atoms with van der Waals surface area (Å²) in [7, 11) is 1.76. The molecule has 1 heterocycles. The molecule has 1 N–H and O–H groups in total. The molecular formula is C17H15ClN2O2. The number of nitrogens with one attached hydrogen (secondary N) is 1. The highest BCUT2D eigenvalue weighted by atomic mass is 35.5. The lowest BCUT2D eigenvalue weighted by Crippen LogP contribution is -2.20. The van der Waals surface area contributed by atoms with Crippen LogP contribution in [0.15, 0.2) is 42.5 Å². The predicted molar refractivity (Wildman–Crippen MR) is 87.3 cm³/mol. The highest BCUT2D eigenvalue weighted by Gasteiger charge is 2.23. The minimum atomic E-state index is -0.0973. The SMILES string of the molecule is CN1C(=O)Cc2cc(NC(=O)Cc3ccc(Cl)cc3)ccc21. The van der Waals surface area contributed by atoms with Crippen molar-refractivity contribution in [2.75, 3.05) is 17.3 Å². The Labute approximate surface area is 133 Å². The number of likely N-dealkylation sites (N-methyl/N-ethyl adjacent to an activating group) is 1. The molecule has 1 aliphatic rings. The van der Waals surface area contributed by atoms with Crippen LogP contribution in [0.3, 0.4) is 0 Å². The molecule has 0 saturated heterocycles. The monoisotopic (exact) mass is 314 g/mol. The van der Waals surface area contributed by atoms with Crippen molar-refractivity contribution in [1.82, 2.24) is 0 Å². The molecule has 2 aromatic rings. The Hall–Kier alpha value is -2.33. The van der Waals surface area contributed by atoms with Gasteiger partial charge in [0.25, 0.3) is 0 Å². The number of benzene rings is 2. The lowest BCUT2D eigenvalue weighted by Gasteiger charge is -2.11. The van der Waals surface area contributed by atoms with E-state index in [1.807, 2.05) is 30.3 Å². The van der Waals surface area contributed by atoms with Crippen molar-refractivity contribution in [2.45, 2.75) is 12.8 Å². The van der Waals surface area contributed by atoms with Crippen LogP contribution in [-0.4, -0.2) is 18.9 Å². The molecule has 3 rings (SSSR count). The van der Waals surface area contributed by atoms with Crippen LogP contribution in [-0.2, 0) is 22.4 Å². The van der Waals surface area contributed by atoms with Gasteiger partial charge in [-0.2, -0.15) is 0 Å². The van der Waals surface area contributed by atoms with Crippen LogP contribution in [0.25, 0.3) is 0 Å². The Kier molecular flexibility index (Phi) is 3.86. The number of halogens is 1. The van der Waals surface area contributed by atoms with E-state index in [9.17, 15) is 9.59 Å². The molecule has 0 radical (unpaired) electrons. The van der Waals surface area contributed by atoms with Crippen LogP contribution in [0, 0.1) is 0 Å². The third kappa shape index (κ3) is 2.97. The summed E-state index contributed by atoms with van der Waals surface area (Å²) in [5, 5.41) is 3.51. The van der Waals surface area contributed by atoms with Gasteiger partial charge in [0.15, 0.2) is 0 Å². The maximum atomic E-state index is 12.1. The molecular weight excluding hydrogens is 300 g/mol. The van der Waals surface area contributed by atoms with Crippen molar-refractivity contribution >= 4 is 34.8 Å². The van der Waals surface area contributed by atoms with Crippen molar-refractivity contribution in [1.29, 1.82) is 0 Å². The molecule has 112 valence electrons. The first-order valence-corrected chi connectivity index (χ1v) is 7.34. The number of fused-ring (bicyclic) bond motifs is 1. The number of amides is 2. The minimum Gasteiger partial charge on any atom is -0.326 e. The lowest BCUT2D eigenvalue weighted by molar-refractivity contribution is -0.117. The van der Waals surface area contributed by atoms with Gasteiger partial charge < -0.3 is 10.2 Å². The van der Waals surface area contributed by atoms with E-state index in [0.717, 1.165) is 16.8 Å². The van der Waals surface area contributed by atoms with Crippen LogP contribution >= 0.6 is 11.6 Å². The summed E-state index contributed by atoms with van der Waals surface area (Å²) in [4.78, 5) is 25.4. The van der Waals surface area contributed by atoms with Crippen molar-refractivity contribution in [3.05, 3.63) is 58.6 Å². The zero-order chi connectivity index (χ0) is 15.7. The van der Waals surface area contributed by atoms with E-state index >= 15 is 0 Å². The topological polar surface area (TPSA) is 49.4 Å². The number of rotatable bonds is 3. The predicted octanol–water partition coefficient (Wildman–Crippen LogP) is 3.04. The van der Waals surface area contributed by atoms with E-state index in [-0.39, 0.29) is 18.2 Å². The van der Waals surface area contributed by atoms with E-state index < -0.39 is 0 Å². The summed E-state index contributed by atoms with van der Waals surface area (Å²) < 4.78 is 0. The summed E-state index contributed by atoms with van der Waals surface area (Å²) >= 11 is 5.82. The molecule has 0 spiro atoms. The molecule has 0 atom stereocenters. The van der Waals surface area contributed by atoms with Gasteiger partial charge in [0.05, 0.1) is 12.8 Å². The number of carbonyl (C=O) groups excluding carboxylic acids is 2. The summed E-state index contributed by atoms with van der Waals surface area (Å²) in [6.45, 7) is 0. The zero-order valence-electron chi connectivity index (χ0n) is 12.1. The Bertz CT molecular complexity index is 741. The van der Waals surface area contributed by atoms with Crippen LogP contribution in [0.1, 0.15) is 11.1 Å². The Morgan fingerprint density at radius 2 is 1.95 bits per heavy atom. The van der Waals surface area contributed by atoms with Crippen LogP contribution < -0.4 is 10.2 Å². The van der Waals surface area contributed by atoms with Gasteiger partial charge in [-0.1, -0.05) is 23.7 Å². The van der Waals surface area contributed by atoms with E-state index in [4.69, 9.17) is 11.6 Å². The van der Waals surface area contributed by atoms with Gasteiger partial charge in [-0.05, 0) is 41.5 Å². The number of anilines is 2. The number of carbonyl (C=O) groups is 2. The van der Waals surface area contributed by atoms with Gasteiger partial charge in [0.2, 0.25) is 11.8 Å². The molecule has 0 unspecified atom stereocenters. The standard InChI is InChI=1S/C17H15ClN2O2/c1-20-15-7-6-14(9-12(15)10-17(20)22)19-16(21)8-11-2-4-13(18)5-3-11/h2-7,9H,8,10H2,1H3,(H,19,21). The molecule has 2 aromatic carbocycles. The van der Waals surface area contributed by atoms with Crippen molar-refractivity contribution < 1.29 is 9.59 Å². The van der Waals surface area contributed by atoms with Gasteiger partial charge in [0.1, 0.15) is 0 Å². The fraction of sp³-hybridized carbons (Fsp3) is 0.176. The summed E-state index contributed by atoms with van der Waals surface area (Å²) in [5.41, 5.74) is 3.45. The molecule has 0 aliphatic carbocycles. The molecule has 22 heavy (non-hydrogen) atoms. The lowest BCUT2D eigenvalue weighted by atomic mass is 10.1. The number of nitrogens with zero attached hydrogens (tertiary/aromatic N) is 1. The third-order valence-electron chi connectivity index (χ3n) is 3.72. The van der Waals surface area contributed by atoms with E-state index in [1.54, 1.807) is 24.1 Å². The molecule has 0 fully saturated rings. The van der Waals surface area contributed by atoms with Crippen molar-refractivity contribution in [3.8, 4) is 0 Å². The molecule has 0 aromatic heterocycles. The molecule has 4 nitrogen and oxygen atoms in total. The average molecular weight is 315 g/mol. The molecule has 5 heteroatoms. The molecule has 0 saturated carbocycles. The fourth-order valence-electron chi connectivity index (χ4n) is 2.54. The van der Waals surface area contributed by atoms with Crippen molar-refractivity contribution in [2.24, 2.45) is 0 Å². The molecule has 0 bridgehead atoms. The second-order valence-electron chi connectivity index (χ2n) is 5.32. The highest BCUT2D eigenvalue weighted by molar-refractivity contribution is 6.30. The fourth-order valence-corrected chi connectivity index (χ4v) is 2.67. The second kappa shape index (κ2) is 5.81. The normalized spacial score (nSPS) is 13.2. The van der Waals surface area contributed by atoms with Gasteiger partial charge in [-0.15, -0.1) is 0 Å². The summed E-state index contributed by atoms with van der Waals surface area (Å²) in [6.07, 6.45) is 0.666. The third-order valence-corrected chi connectivity index (χ3v) is 3.97. The summed E-state index contributed by atoms with van der Waals surface area (Å²) in [6, 6.07) is 12.7. The van der Waals surface area contributed by atoms with Crippen LogP contribution in [0.4, 0.5) is 11.4 Å². The quantitative estimate of drug-likeness (QED) is 0.946. The first kappa shape index (κ1) is 14.6. The van der Waals surface area contributed by atoms with Gasteiger partial charge in [-0.3, -0.25) is 9.59 Å². The second-order valence-corrected chi connectivity index (χ2v) is 5.76. The largest absolute Gasteiger partial charge is 0.326 e. The van der Waals surface area contributed by atoms with E-state index in [1.165, 1.54) is 0 Å².